The number of anilines is 1. The highest BCUT2D eigenvalue weighted by atomic mass is 32.2. The summed E-state index contributed by atoms with van der Waals surface area (Å²) < 4.78 is 0.549. The Bertz CT molecular complexity index is 421. The van der Waals surface area contributed by atoms with Crippen molar-refractivity contribution in [2.24, 2.45) is 0 Å². The van der Waals surface area contributed by atoms with Crippen LogP contribution in [0.1, 0.15) is 30.4 Å². The van der Waals surface area contributed by atoms with Crippen LogP contribution in [0, 0.1) is 0 Å². The van der Waals surface area contributed by atoms with Crippen LogP contribution in [0.25, 0.3) is 0 Å². The summed E-state index contributed by atoms with van der Waals surface area (Å²) in [6.07, 6.45) is 6.46. The second-order valence-electron chi connectivity index (χ2n) is 5.41. The van der Waals surface area contributed by atoms with Crippen molar-refractivity contribution in [3.05, 3.63) is 29.3 Å². The molecule has 2 nitrogen and oxygen atoms in total. The van der Waals surface area contributed by atoms with E-state index in [4.69, 9.17) is 5.73 Å². The van der Waals surface area contributed by atoms with Crippen molar-refractivity contribution in [3.63, 3.8) is 0 Å². The third kappa shape index (κ3) is 2.06. The predicted molar refractivity (Wildman–Crippen MR) is 75.1 cm³/mol. The van der Waals surface area contributed by atoms with E-state index in [-0.39, 0.29) is 0 Å². The number of nitrogen functional groups attached to an aromatic ring is 1. The number of hydrogen-bond donors (Lipinski definition) is 1. The molecule has 0 amide bonds. The molecule has 1 saturated carbocycles. The Labute approximate surface area is 108 Å². The summed E-state index contributed by atoms with van der Waals surface area (Å²) >= 11 is 2.06. The Kier molecular flexibility index (Phi) is 2.83. The van der Waals surface area contributed by atoms with E-state index in [0.717, 1.165) is 18.8 Å². The molecule has 3 heteroatoms. The lowest BCUT2D eigenvalue weighted by molar-refractivity contribution is 0.204. The first-order chi connectivity index (χ1) is 8.21. The van der Waals surface area contributed by atoms with Crippen molar-refractivity contribution in [3.8, 4) is 0 Å². The van der Waals surface area contributed by atoms with Crippen molar-refractivity contribution in [1.29, 1.82) is 0 Å². The summed E-state index contributed by atoms with van der Waals surface area (Å²) in [6.45, 7) is 3.43. The smallest absolute Gasteiger partial charge is 0.0317 e. The molecule has 0 saturated heterocycles. The van der Waals surface area contributed by atoms with Crippen molar-refractivity contribution in [2.75, 3.05) is 18.5 Å². The van der Waals surface area contributed by atoms with Gasteiger partial charge < -0.3 is 5.73 Å². The van der Waals surface area contributed by atoms with E-state index >= 15 is 0 Å². The molecule has 0 unspecified atom stereocenters. The van der Waals surface area contributed by atoms with Crippen LogP contribution in [0.5, 0.6) is 0 Å². The lowest BCUT2D eigenvalue weighted by Crippen LogP contribution is -2.43. The zero-order valence-corrected chi connectivity index (χ0v) is 11.2. The third-order valence-corrected chi connectivity index (χ3v) is 5.63. The van der Waals surface area contributed by atoms with Gasteiger partial charge in [0.25, 0.3) is 0 Å². The standard InChI is InChI=1S/C14H20N2S/c1-17-14(5-2-6-14)10-16-8-11-3-4-13(15)7-12(11)9-16/h3-4,7H,2,5-6,8-10,15H2,1H3. The molecular formula is C14H20N2S. The van der Waals surface area contributed by atoms with E-state index in [1.54, 1.807) is 0 Å². The van der Waals surface area contributed by atoms with E-state index in [2.05, 4.69) is 35.1 Å². The summed E-state index contributed by atoms with van der Waals surface area (Å²) in [5.41, 5.74) is 9.64. The van der Waals surface area contributed by atoms with Gasteiger partial charge in [-0.1, -0.05) is 12.5 Å². The number of benzene rings is 1. The van der Waals surface area contributed by atoms with E-state index in [0.29, 0.717) is 4.75 Å². The molecule has 1 aliphatic heterocycles. The van der Waals surface area contributed by atoms with Gasteiger partial charge in [0, 0.05) is 30.1 Å². The first-order valence-electron chi connectivity index (χ1n) is 6.36. The molecule has 0 radical (unpaired) electrons. The van der Waals surface area contributed by atoms with Crippen molar-refractivity contribution < 1.29 is 0 Å². The Balaban J connectivity index is 1.70. The molecular weight excluding hydrogens is 228 g/mol. The van der Waals surface area contributed by atoms with E-state index < -0.39 is 0 Å². The highest BCUT2D eigenvalue weighted by Gasteiger charge is 2.38. The van der Waals surface area contributed by atoms with Crippen LogP contribution in [0.2, 0.25) is 0 Å². The minimum atomic E-state index is 0.549. The van der Waals surface area contributed by atoms with Crippen LogP contribution in [-0.2, 0) is 13.1 Å². The minimum absolute atomic E-state index is 0.549. The van der Waals surface area contributed by atoms with E-state index in [1.807, 2.05) is 6.07 Å². The highest BCUT2D eigenvalue weighted by molar-refractivity contribution is 8.00. The van der Waals surface area contributed by atoms with Crippen LogP contribution < -0.4 is 5.73 Å². The molecule has 17 heavy (non-hydrogen) atoms. The molecule has 2 N–H and O–H groups in total. The number of nitrogens with two attached hydrogens (primary N) is 1. The summed E-state index contributed by atoms with van der Waals surface area (Å²) in [5, 5.41) is 0. The van der Waals surface area contributed by atoms with Crippen LogP contribution in [0.4, 0.5) is 5.69 Å². The number of rotatable bonds is 3. The number of hydrogen-bond acceptors (Lipinski definition) is 3. The second kappa shape index (κ2) is 4.21. The van der Waals surface area contributed by atoms with Gasteiger partial charge in [-0.2, -0.15) is 11.8 Å². The zero-order valence-electron chi connectivity index (χ0n) is 10.4. The van der Waals surface area contributed by atoms with Gasteiger partial charge in [0.15, 0.2) is 0 Å². The van der Waals surface area contributed by atoms with Crippen LogP contribution in [0.3, 0.4) is 0 Å². The average molecular weight is 248 g/mol. The molecule has 0 aromatic heterocycles. The topological polar surface area (TPSA) is 29.3 Å². The maximum Gasteiger partial charge on any atom is 0.0317 e. The average Bonchev–Trinajstić information content (AvgIpc) is 2.65. The molecule has 3 rings (SSSR count). The SMILES string of the molecule is CSC1(CN2Cc3ccc(N)cc3C2)CCC1. The van der Waals surface area contributed by atoms with Gasteiger partial charge in [-0.15, -0.1) is 0 Å². The summed E-state index contributed by atoms with van der Waals surface area (Å²) in [6, 6.07) is 6.36. The third-order valence-electron chi connectivity index (χ3n) is 4.23. The van der Waals surface area contributed by atoms with Gasteiger partial charge in [-0.05, 0) is 42.4 Å². The molecule has 1 heterocycles. The fourth-order valence-electron chi connectivity index (χ4n) is 3.00. The fraction of sp³-hybridized carbons (Fsp3) is 0.571. The molecule has 2 aliphatic rings. The molecule has 1 aromatic carbocycles. The Hall–Kier alpha value is -0.670. The summed E-state index contributed by atoms with van der Waals surface area (Å²) in [4.78, 5) is 2.58. The molecule has 1 aliphatic carbocycles. The molecule has 1 aromatic rings. The second-order valence-corrected chi connectivity index (χ2v) is 6.69. The molecule has 1 fully saturated rings. The Morgan fingerprint density at radius 3 is 2.71 bits per heavy atom. The van der Waals surface area contributed by atoms with Gasteiger partial charge in [0.1, 0.15) is 0 Å². The van der Waals surface area contributed by atoms with Crippen molar-refractivity contribution >= 4 is 17.4 Å². The first-order valence-corrected chi connectivity index (χ1v) is 7.58. The molecule has 92 valence electrons. The molecule has 0 atom stereocenters. The maximum absolute atomic E-state index is 5.84. The van der Waals surface area contributed by atoms with Crippen molar-refractivity contribution in [1.82, 2.24) is 4.90 Å². The summed E-state index contributed by atoms with van der Waals surface area (Å²) in [7, 11) is 0. The monoisotopic (exact) mass is 248 g/mol. The Morgan fingerprint density at radius 1 is 1.29 bits per heavy atom. The van der Waals surface area contributed by atoms with Gasteiger partial charge in [0.2, 0.25) is 0 Å². The number of fused-ring (bicyclic) bond motifs is 1. The van der Waals surface area contributed by atoms with Gasteiger partial charge >= 0.3 is 0 Å². The fourth-order valence-corrected chi connectivity index (χ4v) is 4.01. The zero-order chi connectivity index (χ0) is 11.9. The minimum Gasteiger partial charge on any atom is -0.399 e. The molecule has 0 bridgehead atoms. The van der Waals surface area contributed by atoms with Gasteiger partial charge in [-0.3, -0.25) is 4.90 Å². The quantitative estimate of drug-likeness (QED) is 0.834. The van der Waals surface area contributed by atoms with Gasteiger partial charge in [-0.25, -0.2) is 0 Å². The van der Waals surface area contributed by atoms with E-state index in [9.17, 15) is 0 Å². The lowest BCUT2D eigenvalue weighted by Gasteiger charge is -2.43. The first kappa shape index (κ1) is 11.4. The van der Waals surface area contributed by atoms with Gasteiger partial charge in [0.05, 0.1) is 0 Å². The normalized spacial score (nSPS) is 22.2. The number of thioether (sulfide) groups is 1. The van der Waals surface area contributed by atoms with E-state index in [1.165, 1.54) is 36.9 Å². The Morgan fingerprint density at radius 2 is 2.06 bits per heavy atom. The van der Waals surface area contributed by atoms with Crippen LogP contribution in [-0.4, -0.2) is 22.4 Å². The predicted octanol–water partition coefficient (Wildman–Crippen LogP) is 2.87. The number of nitrogens with zero attached hydrogens (tertiary/aromatic N) is 1. The van der Waals surface area contributed by atoms with Crippen LogP contribution in [0.15, 0.2) is 18.2 Å². The lowest BCUT2D eigenvalue weighted by atomic mass is 9.84. The largest absolute Gasteiger partial charge is 0.399 e. The van der Waals surface area contributed by atoms with Crippen LogP contribution >= 0.6 is 11.8 Å². The summed E-state index contributed by atoms with van der Waals surface area (Å²) in [5.74, 6) is 0. The maximum atomic E-state index is 5.84. The molecule has 0 spiro atoms. The highest BCUT2D eigenvalue weighted by Crippen LogP contribution is 2.44. The van der Waals surface area contributed by atoms with Crippen molar-refractivity contribution in [2.45, 2.75) is 37.1 Å².